The molecule has 0 N–H and O–H groups in total. The van der Waals surface area contributed by atoms with Crippen LogP contribution in [0.1, 0.15) is 15.9 Å². The van der Waals surface area contributed by atoms with Gasteiger partial charge in [0.1, 0.15) is 11.3 Å². The van der Waals surface area contributed by atoms with E-state index in [9.17, 15) is 19.7 Å². The molecule has 9 nitrogen and oxygen atoms in total. The van der Waals surface area contributed by atoms with Gasteiger partial charge in [-0.25, -0.2) is 4.79 Å². The number of para-hydroxylation sites is 1. The number of hydrogen-bond acceptors (Lipinski definition) is 7. The molecule has 0 aliphatic carbocycles. The Bertz CT molecular complexity index is 936. The average molecular weight is 413 g/mol. The summed E-state index contributed by atoms with van der Waals surface area (Å²) < 4.78 is 10.2. The van der Waals surface area contributed by atoms with Gasteiger partial charge in [-0.3, -0.25) is 14.9 Å². The van der Waals surface area contributed by atoms with E-state index in [1.54, 1.807) is 31.1 Å². The lowest BCUT2D eigenvalue weighted by atomic mass is 10.1. The van der Waals surface area contributed by atoms with Crippen LogP contribution >= 0.6 is 0 Å². The fourth-order valence-electron chi connectivity index (χ4n) is 3.37. The van der Waals surface area contributed by atoms with Crippen LogP contribution < -0.4 is 9.64 Å². The molecule has 30 heavy (non-hydrogen) atoms. The first-order valence-electron chi connectivity index (χ1n) is 9.48. The highest BCUT2D eigenvalue weighted by Gasteiger charge is 2.26. The normalized spacial score (nSPS) is 13.7. The zero-order chi connectivity index (χ0) is 21.7. The number of hydrogen-bond donors (Lipinski definition) is 0. The van der Waals surface area contributed by atoms with Crippen molar-refractivity contribution in [2.45, 2.75) is 6.92 Å². The molecule has 2 aromatic rings. The van der Waals surface area contributed by atoms with Crippen LogP contribution in [0, 0.1) is 17.0 Å². The highest BCUT2D eigenvalue weighted by Crippen LogP contribution is 2.24. The second-order valence-electron chi connectivity index (χ2n) is 6.87. The Morgan fingerprint density at radius 2 is 1.73 bits per heavy atom. The van der Waals surface area contributed by atoms with Gasteiger partial charge in [0.15, 0.2) is 6.61 Å². The van der Waals surface area contributed by atoms with Crippen molar-refractivity contribution in [2.24, 2.45) is 0 Å². The first-order chi connectivity index (χ1) is 14.4. The third kappa shape index (κ3) is 4.68. The Hall–Kier alpha value is -3.62. The van der Waals surface area contributed by atoms with Crippen molar-refractivity contribution in [3.05, 3.63) is 63.7 Å². The van der Waals surface area contributed by atoms with Crippen LogP contribution in [0.3, 0.4) is 0 Å². The molecule has 158 valence electrons. The van der Waals surface area contributed by atoms with Crippen molar-refractivity contribution in [1.29, 1.82) is 0 Å². The fourth-order valence-corrected chi connectivity index (χ4v) is 3.37. The van der Waals surface area contributed by atoms with E-state index in [4.69, 9.17) is 9.47 Å². The molecular formula is C21H23N3O6. The van der Waals surface area contributed by atoms with Crippen molar-refractivity contribution >= 4 is 23.3 Å². The largest absolute Gasteiger partial charge is 0.497 e. The number of methoxy groups -OCH3 is 1. The van der Waals surface area contributed by atoms with Crippen LogP contribution in [-0.2, 0) is 9.53 Å². The molecule has 0 aromatic heterocycles. The number of carbonyl (C=O) groups excluding carboxylic acids is 2. The van der Waals surface area contributed by atoms with E-state index in [0.29, 0.717) is 31.7 Å². The lowest BCUT2D eigenvalue weighted by Crippen LogP contribution is -2.49. The number of nitro benzene ring substituents is 1. The number of amides is 1. The quantitative estimate of drug-likeness (QED) is 0.407. The number of esters is 1. The van der Waals surface area contributed by atoms with Crippen LogP contribution in [-0.4, -0.2) is 61.6 Å². The van der Waals surface area contributed by atoms with Crippen LogP contribution in [0.2, 0.25) is 0 Å². The van der Waals surface area contributed by atoms with Gasteiger partial charge in [-0.2, -0.15) is 0 Å². The molecular weight excluding hydrogens is 390 g/mol. The van der Waals surface area contributed by atoms with Gasteiger partial charge >= 0.3 is 5.97 Å². The zero-order valence-corrected chi connectivity index (χ0v) is 16.9. The monoisotopic (exact) mass is 413 g/mol. The number of piperazine rings is 1. The predicted octanol–water partition coefficient (Wildman–Crippen LogP) is 2.42. The molecule has 0 saturated carbocycles. The van der Waals surface area contributed by atoms with E-state index in [-0.39, 0.29) is 17.2 Å². The molecule has 1 fully saturated rings. The second kappa shape index (κ2) is 9.25. The van der Waals surface area contributed by atoms with E-state index < -0.39 is 17.5 Å². The first kappa shape index (κ1) is 21.1. The maximum atomic E-state index is 12.4. The summed E-state index contributed by atoms with van der Waals surface area (Å²) >= 11 is 0. The topological polar surface area (TPSA) is 102 Å². The molecule has 0 spiro atoms. The van der Waals surface area contributed by atoms with Crippen molar-refractivity contribution in [1.82, 2.24) is 4.90 Å². The fraction of sp³-hybridized carbons (Fsp3) is 0.333. The summed E-state index contributed by atoms with van der Waals surface area (Å²) in [6, 6.07) is 12.1. The summed E-state index contributed by atoms with van der Waals surface area (Å²) in [5.74, 6) is -0.424. The highest BCUT2D eigenvalue weighted by molar-refractivity contribution is 5.95. The Balaban J connectivity index is 1.53. The predicted molar refractivity (Wildman–Crippen MR) is 110 cm³/mol. The summed E-state index contributed by atoms with van der Waals surface area (Å²) in [6.45, 7) is 3.37. The van der Waals surface area contributed by atoms with E-state index in [1.165, 1.54) is 6.07 Å². The molecule has 3 rings (SSSR count). The molecule has 0 atom stereocenters. The second-order valence-corrected chi connectivity index (χ2v) is 6.87. The van der Waals surface area contributed by atoms with Crippen molar-refractivity contribution < 1.29 is 24.0 Å². The number of nitro groups is 1. The van der Waals surface area contributed by atoms with Gasteiger partial charge in [0, 0.05) is 37.4 Å². The number of aryl methyl sites for hydroxylation is 1. The number of anilines is 1. The Kier molecular flexibility index (Phi) is 6.51. The minimum absolute atomic E-state index is 0.155. The minimum Gasteiger partial charge on any atom is -0.497 e. The van der Waals surface area contributed by atoms with Crippen molar-refractivity contribution in [2.75, 3.05) is 44.8 Å². The zero-order valence-electron chi connectivity index (χ0n) is 16.9. The molecule has 1 aliphatic heterocycles. The summed E-state index contributed by atoms with van der Waals surface area (Å²) in [4.78, 5) is 39.1. The summed E-state index contributed by atoms with van der Waals surface area (Å²) in [5.41, 5.74) is 0.941. The SMILES string of the molecule is COc1ccc(N2CCN(C(=O)COC(=O)c3cccc(C)c3[N+](=O)[O-])CC2)cc1. The number of rotatable bonds is 6. The Labute approximate surface area is 173 Å². The first-order valence-corrected chi connectivity index (χ1v) is 9.48. The van der Waals surface area contributed by atoms with E-state index >= 15 is 0 Å². The lowest BCUT2D eigenvalue weighted by Gasteiger charge is -2.36. The molecule has 1 heterocycles. The van der Waals surface area contributed by atoms with Gasteiger partial charge in [-0.1, -0.05) is 12.1 Å². The van der Waals surface area contributed by atoms with E-state index in [1.807, 2.05) is 24.3 Å². The summed E-state index contributed by atoms with van der Waals surface area (Å²) in [6.07, 6.45) is 0. The molecule has 1 amide bonds. The molecule has 9 heteroatoms. The lowest BCUT2D eigenvalue weighted by molar-refractivity contribution is -0.385. The summed E-state index contributed by atoms with van der Waals surface area (Å²) in [5, 5.41) is 11.2. The van der Waals surface area contributed by atoms with Gasteiger partial charge in [-0.05, 0) is 37.3 Å². The number of carbonyl (C=O) groups is 2. The van der Waals surface area contributed by atoms with Crippen molar-refractivity contribution in [3.8, 4) is 5.75 Å². The van der Waals surface area contributed by atoms with Crippen LogP contribution in [0.15, 0.2) is 42.5 Å². The maximum absolute atomic E-state index is 12.4. The maximum Gasteiger partial charge on any atom is 0.345 e. The standard InChI is InChI=1S/C21H23N3O6/c1-15-4-3-5-18(20(15)24(27)28)21(26)30-14-19(25)23-12-10-22(11-13-23)16-6-8-17(29-2)9-7-16/h3-9H,10-14H2,1-2H3. The smallest absolute Gasteiger partial charge is 0.345 e. The third-order valence-electron chi connectivity index (χ3n) is 5.04. The third-order valence-corrected chi connectivity index (χ3v) is 5.04. The average Bonchev–Trinajstić information content (AvgIpc) is 2.77. The summed E-state index contributed by atoms with van der Waals surface area (Å²) in [7, 11) is 1.61. The van der Waals surface area contributed by atoms with E-state index in [2.05, 4.69) is 4.90 Å². The Morgan fingerprint density at radius 1 is 1.07 bits per heavy atom. The van der Waals surface area contributed by atoms with Gasteiger partial charge in [0.25, 0.3) is 11.6 Å². The van der Waals surface area contributed by atoms with Crippen LogP contribution in [0.5, 0.6) is 5.75 Å². The van der Waals surface area contributed by atoms with Gasteiger partial charge in [-0.15, -0.1) is 0 Å². The van der Waals surface area contributed by atoms with Gasteiger partial charge in [0.05, 0.1) is 12.0 Å². The molecule has 0 unspecified atom stereocenters. The number of ether oxygens (including phenoxy) is 2. The van der Waals surface area contributed by atoms with Crippen molar-refractivity contribution in [3.63, 3.8) is 0 Å². The molecule has 0 bridgehead atoms. The van der Waals surface area contributed by atoms with E-state index in [0.717, 1.165) is 11.4 Å². The molecule has 2 aromatic carbocycles. The highest BCUT2D eigenvalue weighted by atomic mass is 16.6. The molecule has 1 saturated heterocycles. The Morgan fingerprint density at radius 3 is 2.33 bits per heavy atom. The van der Waals surface area contributed by atoms with Gasteiger partial charge < -0.3 is 19.3 Å². The number of nitrogens with zero attached hydrogens (tertiary/aromatic N) is 3. The van der Waals surface area contributed by atoms with Crippen LogP contribution in [0.25, 0.3) is 0 Å². The van der Waals surface area contributed by atoms with Gasteiger partial charge in [0.2, 0.25) is 0 Å². The molecule has 0 radical (unpaired) electrons. The minimum atomic E-state index is -0.879. The van der Waals surface area contributed by atoms with Crippen LogP contribution in [0.4, 0.5) is 11.4 Å². The molecule has 1 aliphatic rings. The number of benzene rings is 2.